The van der Waals surface area contributed by atoms with Crippen LogP contribution in [0, 0.1) is 0 Å². The van der Waals surface area contributed by atoms with Crippen molar-refractivity contribution in [1.29, 1.82) is 0 Å². The van der Waals surface area contributed by atoms with Crippen molar-refractivity contribution in [2.45, 2.75) is 13.3 Å². The zero-order valence-corrected chi connectivity index (χ0v) is 11.5. The average Bonchev–Trinajstić information content (AvgIpc) is 2.35. The predicted molar refractivity (Wildman–Crippen MR) is 73.6 cm³/mol. The smallest absolute Gasteiger partial charge is 0.251 e. The van der Waals surface area contributed by atoms with Gasteiger partial charge in [-0.1, -0.05) is 13.0 Å². The molecule has 0 aliphatic heterocycles. The molecule has 0 aliphatic carbocycles. The minimum absolute atomic E-state index is 0.0357. The summed E-state index contributed by atoms with van der Waals surface area (Å²) in [7, 11) is -3.37. The number of nitrogens with one attached hydrogen (secondary N) is 2. The highest BCUT2D eigenvalue weighted by molar-refractivity contribution is 7.92. The summed E-state index contributed by atoms with van der Waals surface area (Å²) in [5, 5.41) is 11.1. The summed E-state index contributed by atoms with van der Waals surface area (Å²) >= 11 is 0. The van der Waals surface area contributed by atoms with Crippen LogP contribution in [0.5, 0.6) is 0 Å². The maximum Gasteiger partial charge on any atom is 0.251 e. The Morgan fingerprint density at radius 2 is 2.11 bits per heavy atom. The third kappa shape index (κ3) is 5.27. The molecule has 3 N–H and O–H groups in total. The number of benzene rings is 1. The number of aliphatic hydroxyl groups is 1. The van der Waals surface area contributed by atoms with Gasteiger partial charge >= 0.3 is 0 Å². The Bertz CT molecular complexity index is 528. The highest BCUT2D eigenvalue weighted by atomic mass is 32.2. The first-order valence-corrected chi connectivity index (χ1v) is 7.63. The van der Waals surface area contributed by atoms with Crippen molar-refractivity contribution in [3.63, 3.8) is 0 Å². The summed E-state index contributed by atoms with van der Waals surface area (Å²) in [6.07, 6.45) is 0.520. The molecule has 1 rings (SSSR count). The molecule has 0 atom stereocenters. The van der Waals surface area contributed by atoms with Crippen molar-refractivity contribution in [2.75, 3.05) is 23.6 Å². The van der Waals surface area contributed by atoms with Gasteiger partial charge in [-0.15, -0.1) is 0 Å². The van der Waals surface area contributed by atoms with Gasteiger partial charge in [-0.05, 0) is 24.6 Å². The van der Waals surface area contributed by atoms with E-state index in [1.807, 2.05) is 0 Å². The Labute approximate surface area is 112 Å². The van der Waals surface area contributed by atoms with Crippen LogP contribution in [0.15, 0.2) is 24.3 Å². The van der Waals surface area contributed by atoms with E-state index in [0.29, 0.717) is 17.7 Å². The van der Waals surface area contributed by atoms with Crippen LogP contribution >= 0.6 is 0 Å². The highest BCUT2D eigenvalue weighted by Gasteiger charge is 2.10. The standard InChI is InChI=1S/C12H18N2O4S/c1-2-8-19(17,18)14-11-5-3-4-10(9-11)12(16)13-6-7-15/h3-5,9,14-15H,2,6-8H2,1H3,(H,13,16). The quantitative estimate of drug-likeness (QED) is 0.682. The summed E-state index contributed by atoms with van der Waals surface area (Å²) in [6, 6.07) is 6.21. The maximum absolute atomic E-state index is 11.6. The fourth-order valence-electron chi connectivity index (χ4n) is 1.49. The fraction of sp³-hybridized carbons (Fsp3) is 0.417. The number of carbonyl (C=O) groups excluding carboxylic acids is 1. The van der Waals surface area contributed by atoms with Crippen LogP contribution in [0.25, 0.3) is 0 Å². The molecule has 0 saturated heterocycles. The van der Waals surface area contributed by atoms with E-state index in [9.17, 15) is 13.2 Å². The van der Waals surface area contributed by atoms with Crippen molar-refractivity contribution < 1.29 is 18.3 Å². The van der Waals surface area contributed by atoms with E-state index in [0.717, 1.165) is 0 Å². The Balaban J connectivity index is 2.80. The number of amides is 1. The van der Waals surface area contributed by atoms with E-state index >= 15 is 0 Å². The molecule has 1 aromatic rings. The molecule has 0 saturated carbocycles. The van der Waals surface area contributed by atoms with Gasteiger partial charge in [0.05, 0.1) is 12.4 Å². The number of hydrogen-bond donors (Lipinski definition) is 3. The molecule has 0 spiro atoms. The van der Waals surface area contributed by atoms with E-state index in [4.69, 9.17) is 5.11 Å². The number of rotatable bonds is 7. The molecular formula is C12H18N2O4S. The van der Waals surface area contributed by atoms with Crippen LogP contribution in [0.4, 0.5) is 5.69 Å². The Morgan fingerprint density at radius 3 is 2.74 bits per heavy atom. The molecule has 0 radical (unpaired) electrons. The van der Waals surface area contributed by atoms with Gasteiger partial charge < -0.3 is 10.4 Å². The first-order valence-electron chi connectivity index (χ1n) is 5.98. The van der Waals surface area contributed by atoms with Crippen molar-refractivity contribution in [2.24, 2.45) is 0 Å². The lowest BCUT2D eigenvalue weighted by Gasteiger charge is -2.09. The molecule has 0 aliphatic rings. The third-order valence-corrected chi connectivity index (χ3v) is 3.76. The Morgan fingerprint density at radius 1 is 1.37 bits per heavy atom. The van der Waals surface area contributed by atoms with Gasteiger partial charge in [-0.3, -0.25) is 9.52 Å². The zero-order chi connectivity index (χ0) is 14.3. The van der Waals surface area contributed by atoms with E-state index in [1.165, 1.54) is 6.07 Å². The van der Waals surface area contributed by atoms with E-state index < -0.39 is 10.0 Å². The molecule has 0 aromatic heterocycles. The SMILES string of the molecule is CCCS(=O)(=O)Nc1cccc(C(=O)NCCO)c1. The minimum Gasteiger partial charge on any atom is -0.395 e. The van der Waals surface area contributed by atoms with Gasteiger partial charge in [0.1, 0.15) is 0 Å². The third-order valence-electron chi connectivity index (χ3n) is 2.27. The molecule has 1 amide bonds. The molecule has 1 aromatic carbocycles. The number of carbonyl (C=O) groups is 1. The lowest BCUT2D eigenvalue weighted by Crippen LogP contribution is -2.26. The number of sulfonamides is 1. The van der Waals surface area contributed by atoms with Crippen LogP contribution in [0.3, 0.4) is 0 Å². The first-order chi connectivity index (χ1) is 8.98. The van der Waals surface area contributed by atoms with Crippen LogP contribution in [0.1, 0.15) is 23.7 Å². The minimum atomic E-state index is -3.37. The lowest BCUT2D eigenvalue weighted by atomic mass is 10.2. The average molecular weight is 286 g/mol. The molecule has 0 bridgehead atoms. The van der Waals surface area contributed by atoms with Gasteiger partial charge in [0, 0.05) is 17.8 Å². The van der Waals surface area contributed by atoms with Gasteiger partial charge in [-0.25, -0.2) is 8.42 Å². The largest absolute Gasteiger partial charge is 0.395 e. The van der Waals surface area contributed by atoms with Crippen LogP contribution in [-0.2, 0) is 10.0 Å². The Kier molecular flexibility index (Phi) is 5.78. The second-order valence-corrected chi connectivity index (χ2v) is 5.82. The molecule has 0 heterocycles. The summed E-state index contributed by atoms with van der Waals surface area (Å²) in [4.78, 5) is 11.6. The molecule has 19 heavy (non-hydrogen) atoms. The number of anilines is 1. The van der Waals surface area contributed by atoms with Gasteiger partial charge in [0.15, 0.2) is 0 Å². The van der Waals surface area contributed by atoms with Crippen LogP contribution in [-0.4, -0.2) is 38.3 Å². The zero-order valence-electron chi connectivity index (χ0n) is 10.7. The topological polar surface area (TPSA) is 95.5 Å². The summed E-state index contributed by atoms with van der Waals surface area (Å²) in [5.74, 6) is -0.320. The lowest BCUT2D eigenvalue weighted by molar-refractivity contribution is 0.0945. The van der Waals surface area contributed by atoms with E-state index in [1.54, 1.807) is 25.1 Å². The summed E-state index contributed by atoms with van der Waals surface area (Å²) in [6.45, 7) is 1.79. The van der Waals surface area contributed by atoms with Crippen LogP contribution < -0.4 is 10.0 Å². The Hall–Kier alpha value is -1.60. The van der Waals surface area contributed by atoms with Gasteiger partial charge in [-0.2, -0.15) is 0 Å². The van der Waals surface area contributed by atoms with Crippen molar-refractivity contribution in [3.05, 3.63) is 29.8 Å². The van der Waals surface area contributed by atoms with Crippen molar-refractivity contribution in [1.82, 2.24) is 5.32 Å². The predicted octanol–water partition coefficient (Wildman–Crippen LogP) is 0.560. The van der Waals surface area contributed by atoms with E-state index in [2.05, 4.69) is 10.0 Å². The monoisotopic (exact) mass is 286 g/mol. The second kappa shape index (κ2) is 7.10. The first kappa shape index (κ1) is 15.5. The number of hydrogen-bond acceptors (Lipinski definition) is 4. The summed E-state index contributed by atoms with van der Waals surface area (Å²) in [5.41, 5.74) is 0.690. The molecule has 6 nitrogen and oxygen atoms in total. The highest BCUT2D eigenvalue weighted by Crippen LogP contribution is 2.12. The van der Waals surface area contributed by atoms with Crippen LogP contribution in [0.2, 0.25) is 0 Å². The molecule has 106 valence electrons. The summed E-state index contributed by atoms with van der Waals surface area (Å²) < 4.78 is 25.6. The number of aliphatic hydroxyl groups excluding tert-OH is 1. The van der Waals surface area contributed by atoms with Crippen molar-refractivity contribution in [3.8, 4) is 0 Å². The van der Waals surface area contributed by atoms with Crippen molar-refractivity contribution >= 4 is 21.6 Å². The maximum atomic E-state index is 11.6. The molecule has 7 heteroatoms. The second-order valence-electron chi connectivity index (χ2n) is 3.98. The normalized spacial score (nSPS) is 11.1. The fourth-order valence-corrected chi connectivity index (χ4v) is 2.62. The molecule has 0 unspecified atom stereocenters. The molecular weight excluding hydrogens is 268 g/mol. The van der Waals surface area contributed by atoms with Gasteiger partial charge in [0.2, 0.25) is 10.0 Å². The van der Waals surface area contributed by atoms with E-state index in [-0.39, 0.29) is 24.8 Å². The molecule has 0 fully saturated rings. The van der Waals surface area contributed by atoms with Gasteiger partial charge in [0.25, 0.3) is 5.91 Å².